The smallest absolute Gasteiger partial charge is 0.222 e. The average Bonchev–Trinajstić information content (AvgIpc) is 2.17. The zero-order valence-electron chi connectivity index (χ0n) is 6.52. The Bertz CT molecular complexity index is 280. The molecule has 1 heterocycles. The fourth-order valence-corrected chi connectivity index (χ4v) is 0.647. The van der Waals surface area contributed by atoms with Crippen LogP contribution in [0.25, 0.3) is 0 Å². The quantitative estimate of drug-likeness (QED) is 0.241. The average molecular weight is 167 g/mol. The zero-order valence-corrected chi connectivity index (χ0v) is 6.52. The van der Waals surface area contributed by atoms with E-state index in [1.54, 1.807) is 7.05 Å². The van der Waals surface area contributed by atoms with E-state index in [4.69, 9.17) is 10.9 Å². The normalized spacial score (nSPS) is 11.2. The van der Waals surface area contributed by atoms with Gasteiger partial charge in [-0.25, -0.2) is 9.97 Å². The number of anilines is 1. The van der Waals surface area contributed by atoms with Gasteiger partial charge in [0.05, 0.1) is 5.56 Å². The molecule has 0 amide bonds. The molecule has 0 unspecified atom stereocenters. The van der Waals surface area contributed by atoms with E-state index in [1.807, 2.05) is 0 Å². The predicted octanol–water partition coefficient (Wildman–Crippen LogP) is -0.387. The van der Waals surface area contributed by atoms with E-state index in [0.29, 0.717) is 11.5 Å². The van der Waals surface area contributed by atoms with Gasteiger partial charge >= 0.3 is 0 Å². The Morgan fingerprint density at radius 2 is 2.17 bits per heavy atom. The lowest BCUT2D eigenvalue weighted by molar-refractivity contribution is 0.318. The van der Waals surface area contributed by atoms with E-state index in [2.05, 4.69) is 20.4 Å². The van der Waals surface area contributed by atoms with Crippen LogP contribution in [0.15, 0.2) is 17.5 Å². The molecule has 6 heteroatoms. The standard InChI is InChI=1S/C6H9N5O/c1-8-6-9-2-4(3-10-6)5(7)11-12/h2-3,12H,1H3,(H2,7,11)(H,8,9,10). The summed E-state index contributed by atoms with van der Waals surface area (Å²) in [4.78, 5) is 7.74. The van der Waals surface area contributed by atoms with Crippen LogP contribution < -0.4 is 11.1 Å². The second-order valence-corrected chi connectivity index (χ2v) is 2.03. The highest BCUT2D eigenvalue weighted by Gasteiger charge is 1.99. The first-order chi connectivity index (χ1) is 5.77. The molecule has 1 aromatic rings. The van der Waals surface area contributed by atoms with Crippen molar-refractivity contribution in [3.05, 3.63) is 18.0 Å². The summed E-state index contributed by atoms with van der Waals surface area (Å²) in [5, 5.41) is 13.9. The molecular weight excluding hydrogens is 158 g/mol. The van der Waals surface area contributed by atoms with E-state index in [1.165, 1.54) is 12.4 Å². The zero-order chi connectivity index (χ0) is 8.97. The summed E-state index contributed by atoms with van der Waals surface area (Å²) in [6.45, 7) is 0. The van der Waals surface area contributed by atoms with E-state index >= 15 is 0 Å². The third-order valence-electron chi connectivity index (χ3n) is 1.28. The van der Waals surface area contributed by atoms with Crippen molar-refractivity contribution in [3.63, 3.8) is 0 Å². The van der Waals surface area contributed by atoms with Crippen LogP contribution in [0.3, 0.4) is 0 Å². The molecular formula is C6H9N5O. The van der Waals surface area contributed by atoms with Gasteiger partial charge in [0.25, 0.3) is 0 Å². The number of hydrogen-bond acceptors (Lipinski definition) is 5. The number of oxime groups is 1. The highest BCUT2D eigenvalue weighted by Crippen LogP contribution is 1.97. The molecule has 0 fully saturated rings. The van der Waals surface area contributed by atoms with Gasteiger partial charge in [-0.3, -0.25) is 0 Å². The van der Waals surface area contributed by atoms with Crippen molar-refractivity contribution in [2.24, 2.45) is 10.9 Å². The van der Waals surface area contributed by atoms with Crippen molar-refractivity contribution in [2.45, 2.75) is 0 Å². The van der Waals surface area contributed by atoms with E-state index < -0.39 is 0 Å². The lowest BCUT2D eigenvalue weighted by Gasteiger charge is -1.98. The third-order valence-corrected chi connectivity index (χ3v) is 1.28. The summed E-state index contributed by atoms with van der Waals surface area (Å²) in [5.41, 5.74) is 5.77. The Hall–Kier alpha value is -1.85. The summed E-state index contributed by atoms with van der Waals surface area (Å²) >= 11 is 0. The van der Waals surface area contributed by atoms with Gasteiger partial charge in [0, 0.05) is 19.4 Å². The van der Waals surface area contributed by atoms with Gasteiger partial charge in [0.1, 0.15) is 0 Å². The van der Waals surface area contributed by atoms with Gasteiger partial charge in [-0.05, 0) is 0 Å². The fraction of sp³-hybridized carbons (Fsp3) is 0.167. The van der Waals surface area contributed by atoms with Crippen LogP contribution in [0.5, 0.6) is 0 Å². The van der Waals surface area contributed by atoms with E-state index in [0.717, 1.165) is 0 Å². The monoisotopic (exact) mass is 167 g/mol. The Morgan fingerprint density at radius 1 is 1.58 bits per heavy atom. The van der Waals surface area contributed by atoms with Gasteiger partial charge in [0.2, 0.25) is 5.95 Å². The molecule has 0 saturated heterocycles. The highest BCUT2D eigenvalue weighted by molar-refractivity contribution is 5.96. The minimum absolute atomic E-state index is 0.00217. The summed E-state index contributed by atoms with van der Waals surface area (Å²) in [6, 6.07) is 0. The Morgan fingerprint density at radius 3 is 2.58 bits per heavy atom. The first-order valence-electron chi connectivity index (χ1n) is 3.25. The van der Waals surface area contributed by atoms with Crippen LogP contribution >= 0.6 is 0 Å². The number of aromatic nitrogens is 2. The maximum atomic E-state index is 8.31. The lowest BCUT2D eigenvalue weighted by Crippen LogP contribution is -2.14. The van der Waals surface area contributed by atoms with Gasteiger partial charge in [0.15, 0.2) is 5.84 Å². The van der Waals surface area contributed by atoms with Gasteiger partial charge in [-0.2, -0.15) is 0 Å². The predicted molar refractivity (Wildman–Crippen MR) is 44.1 cm³/mol. The molecule has 0 aromatic carbocycles. The number of hydrogen-bond donors (Lipinski definition) is 3. The maximum Gasteiger partial charge on any atom is 0.222 e. The van der Waals surface area contributed by atoms with Crippen molar-refractivity contribution in [1.82, 2.24) is 9.97 Å². The molecule has 0 radical (unpaired) electrons. The number of rotatable bonds is 2. The molecule has 1 aromatic heterocycles. The number of amidine groups is 1. The van der Waals surface area contributed by atoms with Gasteiger partial charge in [-0.1, -0.05) is 5.16 Å². The van der Waals surface area contributed by atoms with Crippen molar-refractivity contribution < 1.29 is 5.21 Å². The van der Waals surface area contributed by atoms with Crippen LogP contribution in [0.2, 0.25) is 0 Å². The van der Waals surface area contributed by atoms with Crippen LogP contribution in [0.1, 0.15) is 5.56 Å². The highest BCUT2D eigenvalue weighted by atomic mass is 16.4. The summed E-state index contributed by atoms with van der Waals surface area (Å²) in [5.74, 6) is 0.488. The number of nitrogens with one attached hydrogen (secondary N) is 1. The molecule has 0 aliphatic rings. The largest absolute Gasteiger partial charge is 0.409 e. The first kappa shape index (κ1) is 8.25. The Balaban J connectivity index is 2.92. The third kappa shape index (κ3) is 1.60. The summed E-state index contributed by atoms with van der Waals surface area (Å²) in [6.07, 6.45) is 2.93. The fourth-order valence-electron chi connectivity index (χ4n) is 0.647. The molecule has 6 nitrogen and oxygen atoms in total. The second-order valence-electron chi connectivity index (χ2n) is 2.03. The van der Waals surface area contributed by atoms with Crippen LogP contribution in [0.4, 0.5) is 5.95 Å². The van der Waals surface area contributed by atoms with Crippen LogP contribution in [-0.2, 0) is 0 Å². The summed E-state index contributed by atoms with van der Waals surface area (Å²) < 4.78 is 0. The lowest BCUT2D eigenvalue weighted by atomic mass is 10.3. The first-order valence-corrected chi connectivity index (χ1v) is 3.25. The molecule has 0 spiro atoms. The second kappa shape index (κ2) is 3.51. The molecule has 1 rings (SSSR count). The molecule has 4 N–H and O–H groups in total. The minimum atomic E-state index is -0.00217. The van der Waals surface area contributed by atoms with Crippen molar-refractivity contribution in [2.75, 3.05) is 12.4 Å². The molecule has 0 atom stereocenters. The van der Waals surface area contributed by atoms with Gasteiger partial charge in [-0.15, -0.1) is 0 Å². The molecule has 0 bridgehead atoms. The van der Waals surface area contributed by atoms with Gasteiger partial charge < -0.3 is 16.3 Å². The summed E-state index contributed by atoms with van der Waals surface area (Å²) in [7, 11) is 1.71. The van der Waals surface area contributed by atoms with Crippen LogP contribution in [-0.4, -0.2) is 28.1 Å². The number of nitrogens with two attached hydrogens (primary N) is 1. The minimum Gasteiger partial charge on any atom is -0.409 e. The molecule has 64 valence electrons. The molecule has 0 aliphatic heterocycles. The van der Waals surface area contributed by atoms with Crippen LogP contribution in [0, 0.1) is 0 Å². The van der Waals surface area contributed by atoms with E-state index in [-0.39, 0.29) is 5.84 Å². The Kier molecular flexibility index (Phi) is 2.42. The Labute approximate surface area is 69.1 Å². The van der Waals surface area contributed by atoms with E-state index in [9.17, 15) is 0 Å². The number of nitrogens with zero attached hydrogens (tertiary/aromatic N) is 3. The van der Waals surface area contributed by atoms with Crippen molar-refractivity contribution in [1.29, 1.82) is 0 Å². The van der Waals surface area contributed by atoms with Crippen molar-refractivity contribution >= 4 is 11.8 Å². The van der Waals surface area contributed by atoms with Crippen molar-refractivity contribution in [3.8, 4) is 0 Å². The molecule has 0 saturated carbocycles. The SMILES string of the molecule is CNc1ncc(C(N)=NO)cn1. The molecule has 12 heavy (non-hydrogen) atoms. The maximum absolute atomic E-state index is 8.31. The topological polar surface area (TPSA) is 96.4 Å². The molecule has 0 aliphatic carbocycles.